The Balaban J connectivity index is 1.81. The predicted molar refractivity (Wildman–Crippen MR) is 62.1 cm³/mol. The minimum absolute atomic E-state index is 0.798. The number of imidazole rings is 1. The van der Waals surface area contributed by atoms with Gasteiger partial charge in [0.15, 0.2) is 0 Å². The maximum absolute atomic E-state index is 5.81. The van der Waals surface area contributed by atoms with E-state index in [1.165, 1.54) is 11.3 Å². The molecule has 0 saturated carbocycles. The van der Waals surface area contributed by atoms with Gasteiger partial charge in [-0.25, -0.2) is 4.98 Å². The summed E-state index contributed by atoms with van der Waals surface area (Å²) in [5.41, 5.74) is 2.53. The van der Waals surface area contributed by atoms with Crippen molar-refractivity contribution in [2.45, 2.75) is 19.3 Å². The molecule has 0 aliphatic heterocycles. The van der Waals surface area contributed by atoms with Gasteiger partial charge in [0.1, 0.15) is 0 Å². The number of halogens is 1. The third-order valence-electron chi connectivity index (χ3n) is 2.38. The first kappa shape index (κ1) is 10.2. The second-order valence-electron chi connectivity index (χ2n) is 3.56. The van der Waals surface area contributed by atoms with Gasteiger partial charge in [-0.15, -0.1) is 0 Å². The van der Waals surface area contributed by atoms with E-state index in [9.17, 15) is 0 Å². The molecule has 1 heterocycles. The molecule has 1 aromatic carbocycles. The van der Waals surface area contributed by atoms with E-state index in [0.29, 0.717) is 0 Å². The lowest BCUT2D eigenvalue weighted by Crippen LogP contribution is -1.89. The van der Waals surface area contributed by atoms with Gasteiger partial charge in [-0.2, -0.15) is 0 Å². The van der Waals surface area contributed by atoms with Gasteiger partial charge in [0.25, 0.3) is 0 Å². The average Bonchev–Trinajstić information content (AvgIpc) is 2.74. The van der Waals surface area contributed by atoms with E-state index in [1.54, 1.807) is 6.33 Å². The molecule has 0 saturated heterocycles. The number of hydrogen-bond acceptors (Lipinski definition) is 1. The van der Waals surface area contributed by atoms with Crippen molar-refractivity contribution in [2.24, 2.45) is 0 Å². The van der Waals surface area contributed by atoms with Crippen molar-refractivity contribution < 1.29 is 0 Å². The first-order valence-electron chi connectivity index (χ1n) is 5.06. The molecule has 78 valence electrons. The van der Waals surface area contributed by atoms with Crippen molar-refractivity contribution in [3.8, 4) is 0 Å². The van der Waals surface area contributed by atoms with Crippen LogP contribution in [0.3, 0.4) is 0 Å². The number of aryl methyl sites for hydroxylation is 2. The van der Waals surface area contributed by atoms with Crippen molar-refractivity contribution >= 4 is 11.6 Å². The minimum Gasteiger partial charge on any atom is -0.348 e. The van der Waals surface area contributed by atoms with Crippen molar-refractivity contribution in [3.05, 3.63) is 53.1 Å². The largest absolute Gasteiger partial charge is 0.348 e. The monoisotopic (exact) mass is 220 g/mol. The van der Waals surface area contributed by atoms with Gasteiger partial charge in [0, 0.05) is 16.9 Å². The molecule has 0 fully saturated rings. The Morgan fingerprint density at radius 3 is 2.60 bits per heavy atom. The Kier molecular flexibility index (Phi) is 3.41. The molecule has 2 rings (SSSR count). The topological polar surface area (TPSA) is 28.7 Å². The van der Waals surface area contributed by atoms with Gasteiger partial charge >= 0.3 is 0 Å². The fraction of sp³-hybridized carbons (Fsp3) is 0.250. The molecule has 15 heavy (non-hydrogen) atoms. The number of rotatable bonds is 4. The number of aromatic nitrogens is 2. The zero-order valence-corrected chi connectivity index (χ0v) is 9.17. The maximum Gasteiger partial charge on any atom is 0.0921 e. The normalized spacial score (nSPS) is 10.5. The van der Waals surface area contributed by atoms with E-state index < -0.39 is 0 Å². The molecule has 0 atom stereocenters. The highest BCUT2D eigenvalue weighted by Gasteiger charge is 1.96. The number of hydrogen-bond donors (Lipinski definition) is 1. The van der Waals surface area contributed by atoms with Gasteiger partial charge in [-0.1, -0.05) is 23.7 Å². The average molecular weight is 221 g/mol. The van der Waals surface area contributed by atoms with Crippen molar-refractivity contribution in [1.82, 2.24) is 9.97 Å². The number of nitrogens with zero attached hydrogens (tertiary/aromatic N) is 1. The van der Waals surface area contributed by atoms with Gasteiger partial charge in [0.2, 0.25) is 0 Å². The van der Waals surface area contributed by atoms with Crippen LogP contribution in [0.5, 0.6) is 0 Å². The van der Waals surface area contributed by atoms with Crippen LogP contribution >= 0.6 is 11.6 Å². The fourth-order valence-electron chi connectivity index (χ4n) is 1.56. The molecule has 1 aromatic heterocycles. The SMILES string of the molecule is Clc1ccc(CCCc2cnc[nH]2)cc1. The summed E-state index contributed by atoms with van der Waals surface area (Å²) in [5, 5.41) is 0.798. The van der Waals surface area contributed by atoms with E-state index in [2.05, 4.69) is 22.1 Å². The molecule has 0 spiro atoms. The number of benzene rings is 1. The second-order valence-corrected chi connectivity index (χ2v) is 3.99. The molecule has 0 amide bonds. The van der Waals surface area contributed by atoms with Crippen molar-refractivity contribution in [3.63, 3.8) is 0 Å². The lowest BCUT2D eigenvalue weighted by atomic mass is 10.1. The maximum atomic E-state index is 5.81. The Morgan fingerprint density at radius 1 is 1.13 bits per heavy atom. The van der Waals surface area contributed by atoms with E-state index >= 15 is 0 Å². The standard InChI is InChI=1S/C12H13ClN2/c13-11-6-4-10(5-7-11)2-1-3-12-8-14-9-15-12/h4-9H,1-3H2,(H,14,15). The summed E-state index contributed by atoms with van der Waals surface area (Å²) in [4.78, 5) is 7.09. The van der Waals surface area contributed by atoms with Crippen LogP contribution in [0.1, 0.15) is 17.7 Å². The summed E-state index contributed by atoms with van der Waals surface area (Å²) in [6, 6.07) is 8.03. The molecule has 0 aliphatic rings. The highest BCUT2D eigenvalue weighted by atomic mass is 35.5. The molecule has 2 aromatic rings. The second kappa shape index (κ2) is 4.99. The quantitative estimate of drug-likeness (QED) is 0.842. The Morgan fingerprint density at radius 2 is 1.93 bits per heavy atom. The van der Waals surface area contributed by atoms with Crippen LogP contribution in [-0.4, -0.2) is 9.97 Å². The van der Waals surface area contributed by atoms with Crippen LogP contribution in [0.15, 0.2) is 36.8 Å². The van der Waals surface area contributed by atoms with Gasteiger partial charge in [-0.3, -0.25) is 0 Å². The van der Waals surface area contributed by atoms with Crippen LogP contribution in [0.2, 0.25) is 5.02 Å². The Labute approximate surface area is 94.3 Å². The predicted octanol–water partition coefficient (Wildman–Crippen LogP) is 3.24. The molecule has 1 N–H and O–H groups in total. The summed E-state index contributed by atoms with van der Waals surface area (Å²) < 4.78 is 0. The van der Waals surface area contributed by atoms with Crippen LogP contribution in [0.25, 0.3) is 0 Å². The number of nitrogens with one attached hydrogen (secondary N) is 1. The first-order chi connectivity index (χ1) is 7.34. The smallest absolute Gasteiger partial charge is 0.0921 e. The summed E-state index contributed by atoms with van der Waals surface area (Å²) in [6.07, 6.45) is 6.85. The molecule has 0 unspecified atom stereocenters. The van der Waals surface area contributed by atoms with Crippen molar-refractivity contribution in [1.29, 1.82) is 0 Å². The minimum atomic E-state index is 0.798. The van der Waals surface area contributed by atoms with Gasteiger partial charge in [0.05, 0.1) is 6.33 Å². The zero-order chi connectivity index (χ0) is 10.5. The van der Waals surface area contributed by atoms with Gasteiger partial charge in [-0.05, 0) is 37.0 Å². The van der Waals surface area contributed by atoms with Crippen LogP contribution < -0.4 is 0 Å². The summed E-state index contributed by atoms with van der Waals surface area (Å²) in [6.45, 7) is 0. The molecule has 3 heteroatoms. The van der Waals surface area contributed by atoms with Gasteiger partial charge < -0.3 is 4.98 Å². The van der Waals surface area contributed by atoms with Crippen molar-refractivity contribution in [2.75, 3.05) is 0 Å². The van der Waals surface area contributed by atoms with E-state index in [-0.39, 0.29) is 0 Å². The van der Waals surface area contributed by atoms with E-state index in [4.69, 9.17) is 11.6 Å². The molecule has 0 bridgehead atoms. The van der Waals surface area contributed by atoms with Crippen LogP contribution in [0, 0.1) is 0 Å². The lowest BCUT2D eigenvalue weighted by molar-refractivity contribution is 0.804. The molecule has 0 aliphatic carbocycles. The Hall–Kier alpha value is -1.28. The third kappa shape index (κ3) is 3.10. The molecular formula is C12H13ClN2. The number of H-pyrrole nitrogens is 1. The van der Waals surface area contributed by atoms with E-state index in [0.717, 1.165) is 24.3 Å². The highest BCUT2D eigenvalue weighted by molar-refractivity contribution is 6.30. The van der Waals surface area contributed by atoms with E-state index in [1.807, 2.05) is 18.3 Å². The molecular weight excluding hydrogens is 208 g/mol. The number of aromatic amines is 1. The first-order valence-corrected chi connectivity index (χ1v) is 5.44. The fourth-order valence-corrected chi connectivity index (χ4v) is 1.68. The molecule has 2 nitrogen and oxygen atoms in total. The zero-order valence-electron chi connectivity index (χ0n) is 8.41. The highest BCUT2D eigenvalue weighted by Crippen LogP contribution is 2.11. The summed E-state index contributed by atoms with van der Waals surface area (Å²) in [5.74, 6) is 0. The summed E-state index contributed by atoms with van der Waals surface area (Å²) >= 11 is 5.81. The summed E-state index contributed by atoms with van der Waals surface area (Å²) in [7, 11) is 0. The van der Waals surface area contributed by atoms with Crippen LogP contribution in [-0.2, 0) is 12.8 Å². The molecule has 0 radical (unpaired) electrons. The van der Waals surface area contributed by atoms with Crippen LogP contribution in [0.4, 0.5) is 0 Å². The lowest BCUT2D eigenvalue weighted by Gasteiger charge is -2.00. The third-order valence-corrected chi connectivity index (χ3v) is 2.63. The Bertz CT molecular complexity index is 392.